The normalized spacial score (nSPS) is 20.4. The molecule has 20 heavy (non-hydrogen) atoms. The van der Waals surface area contributed by atoms with Gasteiger partial charge < -0.3 is 9.15 Å². The van der Waals surface area contributed by atoms with Crippen LogP contribution in [0, 0.1) is 11.8 Å². The number of ether oxygens (including phenoxy) is 1. The quantitative estimate of drug-likeness (QED) is 0.579. The van der Waals surface area contributed by atoms with Crippen LogP contribution in [0.15, 0.2) is 16.5 Å². The van der Waals surface area contributed by atoms with Gasteiger partial charge in [-0.1, -0.05) is 11.8 Å². The van der Waals surface area contributed by atoms with E-state index in [1.807, 2.05) is 0 Å². The van der Waals surface area contributed by atoms with Crippen molar-refractivity contribution in [3.05, 3.63) is 23.7 Å². The van der Waals surface area contributed by atoms with Crippen LogP contribution in [-0.4, -0.2) is 12.1 Å². The predicted octanol–water partition coefficient (Wildman–Crippen LogP) is 3.65. The molecule has 0 saturated carbocycles. The van der Waals surface area contributed by atoms with Crippen LogP contribution >= 0.6 is 0 Å². The Bertz CT molecular complexity index is 490. The average molecular weight is 274 g/mol. The smallest absolute Gasteiger partial charge is 0.303 e. The number of furan rings is 1. The number of hydrogen-bond acceptors (Lipinski definition) is 3. The van der Waals surface area contributed by atoms with Crippen LogP contribution in [0.1, 0.15) is 57.0 Å². The lowest BCUT2D eigenvalue weighted by Crippen LogP contribution is -2.14. The van der Waals surface area contributed by atoms with Gasteiger partial charge in [0.2, 0.25) is 0 Å². The fourth-order valence-electron chi connectivity index (χ4n) is 2.38. The molecule has 1 aromatic heterocycles. The largest absolute Gasteiger partial charge is 0.466 e. The Balaban J connectivity index is 1.94. The molecule has 0 aromatic carbocycles. The lowest BCUT2D eigenvalue weighted by molar-refractivity contribution is -0.144. The molecular weight excluding hydrogens is 252 g/mol. The Kier molecular flexibility index (Phi) is 5.73. The highest BCUT2D eigenvalue weighted by molar-refractivity contribution is 5.66. The average Bonchev–Trinajstić information content (AvgIpc) is 2.84. The topological polar surface area (TPSA) is 39.4 Å². The first-order valence-electron chi connectivity index (χ1n) is 7.47. The molecule has 0 aliphatic carbocycles. The molecule has 2 bridgehead atoms. The van der Waals surface area contributed by atoms with Gasteiger partial charge in [0.15, 0.2) is 6.10 Å². The van der Waals surface area contributed by atoms with Crippen molar-refractivity contribution in [3.8, 4) is 11.8 Å². The van der Waals surface area contributed by atoms with Gasteiger partial charge in [0, 0.05) is 26.2 Å². The standard InChI is InChI=1S/C17H22O3/c1-14(18)19-15-8-4-2-3-5-9-16-12-13-17(20-16)11-7-6-10-15/h12-13,15H,2-3,5-7,9-11H2,1H3. The molecule has 1 unspecified atom stereocenters. The predicted molar refractivity (Wildman–Crippen MR) is 77.1 cm³/mol. The van der Waals surface area contributed by atoms with E-state index < -0.39 is 0 Å². The summed E-state index contributed by atoms with van der Waals surface area (Å²) in [4.78, 5) is 11.1. The highest BCUT2D eigenvalue weighted by Gasteiger charge is 2.09. The van der Waals surface area contributed by atoms with Crippen molar-refractivity contribution in [3.63, 3.8) is 0 Å². The summed E-state index contributed by atoms with van der Waals surface area (Å²) in [6, 6.07) is 4.16. The zero-order chi connectivity index (χ0) is 14.2. The number of carbonyl (C=O) groups excluding carboxylic acids is 1. The van der Waals surface area contributed by atoms with Crippen molar-refractivity contribution in [2.45, 2.75) is 64.4 Å². The third-order valence-corrected chi connectivity index (χ3v) is 3.40. The molecule has 0 spiro atoms. The van der Waals surface area contributed by atoms with Crippen LogP contribution in [-0.2, 0) is 22.4 Å². The summed E-state index contributed by atoms with van der Waals surface area (Å²) in [7, 11) is 0. The summed E-state index contributed by atoms with van der Waals surface area (Å²) in [6.07, 6.45) is 7.49. The van der Waals surface area contributed by atoms with E-state index in [4.69, 9.17) is 9.15 Å². The number of carbonyl (C=O) groups is 1. The van der Waals surface area contributed by atoms with E-state index >= 15 is 0 Å². The van der Waals surface area contributed by atoms with Crippen molar-refractivity contribution in [1.82, 2.24) is 0 Å². The Morgan fingerprint density at radius 1 is 1.20 bits per heavy atom. The van der Waals surface area contributed by atoms with E-state index in [9.17, 15) is 4.79 Å². The molecule has 3 nitrogen and oxygen atoms in total. The first-order chi connectivity index (χ1) is 9.74. The maximum absolute atomic E-state index is 11.1. The Morgan fingerprint density at radius 2 is 1.90 bits per heavy atom. The number of fused-ring (bicyclic) bond motifs is 2. The van der Waals surface area contributed by atoms with Crippen molar-refractivity contribution < 1.29 is 13.9 Å². The zero-order valence-electron chi connectivity index (χ0n) is 12.1. The number of esters is 1. The Labute approximate surface area is 120 Å². The molecule has 2 rings (SSSR count). The Hall–Kier alpha value is -1.69. The molecule has 1 aromatic rings. The lowest BCUT2D eigenvalue weighted by atomic mass is 10.1. The van der Waals surface area contributed by atoms with E-state index in [1.165, 1.54) is 6.92 Å². The van der Waals surface area contributed by atoms with Crippen LogP contribution in [0.4, 0.5) is 0 Å². The molecule has 0 N–H and O–H groups in total. The van der Waals surface area contributed by atoms with E-state index in [1.54, 1.807) is 0 Å². The second-order valence-corrected chi connectivity index (χ2v) is 5.24. The zero-order valence-corrected chi connectivity index (χ0v) is 12.1. The van der Waals surface area contributed by atoms with Crippen LogP contribution in [0.5, 0.6) is 0 Å². The van der Waals surface area contributed by atoms with Crippen LogP contribution in [0.2, 0.25) is 0 Å². The third kappa shape index (κ3) is 5.13. The minimum atomic E-state index is -0.249. The monoisotopic (exact) mass is 274 g/mol. The number of aryl methyl sites for hydroxylation is 2. The van der Waals surface area contributed by atoms with E-state index in [-0.39, 0.29) is 12.1 Å². The van der Waals surface area contributed by atoms with E-state index in [2.05, 4.69) is 24.0 Å². The van der Waals surface area contributed by atoms with Gasteiger partial charge in [0.25, 0.3) is 0 Å². The van der Waals surface area contributed by atoms with Crippen LogP contribution in [0.25, 0.3) is 0 Å². The van der Waals surface area contributed by atoms with Gasteiger partial charge in [0.05, 0.1) is 0 Å². The summed E-state index contributed by atoms with van der Waals surface area (Å²) in [5.74, 6) is 8.13. The summed E-state index contributed by atoms with van der Waals surface area (Å²) in [5, 5.41) is 0. The lowest BCUT2D eigenvalue weighted by Gasteiger charge is -2.10. The molecule has 1 aliphatic heterocycles. The molecule has 108 valence electrons. The molecule has 1 atom stereocenters. The first-order valence-corrected chi connectivity index (χ1v) is 7.47. The summed E-state index contributed by atoms with van der Waals surface area (Å²) < 4.78 is 11.0. The summed E-state index contributed by atoms with van der Waals surface area (Å²) in [5.41, 5.74) is 0. The minimum absolute atomic E-state index is 0.248. The highest BCUT2D eigenvalue weighted by Crippen LogP contribution is 2.15. The number of hydrogen-bond donors (Lipinski definition) is 0. The molecule has 1 aliphatic rings. The highest BCUT2D eigenvalue weighted by atomic mass is 16.5. The SMILES string of the molecule is CC(=O)OC1C#CCCCCc2ccc(o2)CCCC1. The van der Waals surface area contributed by atoms with Crippen molar-refractivity contribution in [2.24, 2.45) is 0 Å². The van der Waals surface area contributed by atoms with Crippen molar-refractivity contribution in [1.29, 1.82) is 0 Å². The first kappa shape index (κ1) is 14.7. The Morgan fingerprint density at radius 3 is 2.60 bits per heavy atom. The molecule has 0 radical (unpaired) electrons. The molecule has 0 fully saturated rings. The van der Waals surface area contributed by atoms with Gasteiger partial charge in [-0.05, 0) is 44.2 Å². The summed E-state index contributed by atoms with van der Waals surface area (Å²) in [6.45, 7) is 1.44. The van der Waals surface area contributed by atoms with Gasteiger partial charge in [-0.3, -0.25) is 4.79 Å². The molecule has 0 amide bonds. The van der Waals surface area contributed by atoms with E-state index in [0.717, 1.165) is 62.9 Å². The van der Waals surface area contributed by atoms with Gasteiger partial charge in [-0.25, -0.2) is 0 Å². The fraction of sp³-hybridized carbons (Fsp3) is 0.588. The molecule has 3 heteroatoms. The van der Waals surface area contributed by atoms with Crippen LogP contribution < -0.4 is 0 Å². The molecular formula is C17H22O3. The van der Waals surface area contributed by atoms with Crippen molar-refractivity contribution >= 4 is 5.97 Å². The van der Waals surface area contributed by atoms with Gasteiger partial charge >= 0.3 is 5.97 Å². The van der Waals surface area contributed by atoms with Crippen LogP contribution in [0.3, 0.4) is 0 Å². The van der Waals surface area contributed by atoms with E-state index in [0.29, 0.717) is 0 Å². The fourth-order valence-corrected chi connectivity index (χ4v) is 2.38. The van der Waals surface area contributed by atoms with Crippen molar-refractivity contribution in [2.75, 3.05) is 0 Å². The van der Waals surface area contributed by atoms with Gasteiger partial charge in [-0.2, -0.15) is 0 Å². The second-order valence-electron chi connectivity index (χ2n) is 5.24. The summed E-state index contributed by atoms with van der Waals surface area (Å²) >= 11 is 0. The maximum atomic E-state index is 11.1. The second kappa shape index (κ2) is 7.79. The number of rotatable bonds is 1. The molecule has 0 saturated heterocycles. The molecule has 2 heterocycles. The maximum Gasteiger partial charge on any atom is 0.303 e. The van der Waals surface area contributed by atoms with Gasteiger partial charge in [0.1, 0.15) is 11.5 Å². The minimum Gasteiger partial charge on any atom is -0.466 e. The third-order valence-electron chi connectivity index (χ3n) is 3.40. The van der Waals surface area contributed by atoms with Gasteiger partial charge in [-0.15, -0.1) is 0 Å².